The van der Waals surface area contributed by atoms with Gasteiger partial charge in [0.1, 0.15) is 5.75 Å². The summed E-state index contributed by atoms with van der Waals surface area (Å²) >= 11 is 0. The second-order valence-electron chi connectivity index (χ2n) is 7.61. The lowest BCUT2D eigenvalue weighted by atomic mass is 10.1. The second-order valence-corrected chi connectivity index (χ2v) is 7.61. The van der Waals surface area contributed by atoms with Gasteiger partial charge >= 0.3 is 0 Å². The first-order valence-electron chi connectivity index (χ1n) is 11.0. The first kappa shape index (κ1) is 26.9. The summed E-state index contributed by atoms with van der Waals surface area (Å²) in [5.41, 5.74) is 1.28. The van der Waals surface area contributed by atoms with Crippen LogP contribution in [0.3, 0.4) is 0 Å². The van der Waals surface area contributed by atoms with E-state index in [2.05, 4.69) is 51.2 Å². The molecule has 166 valence electrons. The molecule has 4 nitrogen and oxygen atoms in total. The predicted molar refractivity (Wildman–Crippen MR) is 122 cm³/mol. The third-order valence-electron chi connectivity index (χ3n) is 5.02. The normalized spacial score (nSPS) is 14.8. The maximum Gasteiger partial charge on any atom is 0.119 e. The van der Waals surface area contributed by atoms with Crippen LogP contribution < -0.4 is 10.1 Å². The van der Waals surface area contributed by atoms with E-state index in [-0.39, 0.29) is 1.43 Å². The average molecular weight is 398 g/mol. The highest BCUT2D eigenvalue weighted by Crippen LogP contribution is 2.32. The number of rotatable bonds is 12. The summed E-state index contributed by atoms with van der Waals surface area (Å²) in [5, 5.41) is 10.2. The fourth-order valence-corrected chi connectivity index (χ4v) is 2.44. The van der Waals surface area contributed by atoms with E-state index in [1.54, 1.807) is 0 Å². The van der Waals surface area contributed by atoms with Crippen molar-refractivity contribution in [2.75, 3.05) is 34.0 Å². The molecular formula is C24H47NO3. The van der Waals surface area contributed by atoms with Crippen molar-refractivity contribution >= 4 is 0 Å². The number of nitrogens with one attached hydrogen (secondary N) is 1. The van der Waals surface area contributed by atoms with Crippen LogP contribution in [-0.2, 0) is 4.74 Å². The van der Waals surface area contributed by atoms with Gasteiger partial charge in [0.05, 0.1) is 6.61 Å². The quantitative estimate of drug-likeness (QED) is 0.434. The van der Waals surface area contributed by atoms with Crippen LogP contribution in [0.25, 0.3) is 0 Å². The molecule has 0 amide bonds. The second kappa shape index (κ2) is 18.0. The van der Waals surface area contributed by atoms with E-state index < -0.39 is 0 Å². The van der Waals surface area contributed by atoms with Gasteiger partial charge < -0.3 is 19.9 Å². The Hall–Kier alpha value is -1.10. The van der Waals surface area contributed by atoms with Crippen molar-refractivity contribution in [1.82, 2.24) is 5.32 Å². The lowest BCUT2D eigenvalue weighted by molar-refractivity contribution is 0.101. The molecule has 0 heterocycles. The molecule has 0 aliphatic heterocycles. The molecule has 1 unspecified atom stereocenters. The van der Waals surface area contributed by atoms with Crippen molar-refractivity contribution in [2.24, 2.45) is 11.8 Å². The number of ether oxygens (including phenoxy) is 2. The minimum absolute atomic E-state index is 0. The van der Waals surface area contributed by atoms with Crippen molar-refractivity contribution in [3.63, 3.8) is 0 Å². The van der Waals surface area contributed by atoms with Gasteiger partial charge in [0.25, 0.3) is 0 Å². The van der Waals surface area contributed by atoms with Gasteiger partial charge in [-0.05, 0) is 56.3 Å². The Morgan fingerprint density at radius 3 is 2.46 bits per heavy atom. The van der Waals surface area contributed by atoms with E-state index in [9.17, 15) is 0 Å². The Bertz CT molecular complexity index is 469. The molecule has 0 bridgehead atoms. The minimum atomic E-state index is 0. The monoisotopic (exact) mass is 397 g/mol. The van der Waals surface area contributed by atoms with Gasteiger partial charge in [0.15, 0.2) is 0 Å². The number of aliphatic hydroxyl groups excluding tert-OH is 1. The lowest BCUT2D eigenvalue weighted by Crippen LogP contribution is -2.12. The van der Waals surface area contributed by atoms with Crippen molar-refractivity contribution in [3.8, 4) is 5.75 Å². The van der Waals surface area contributed by atoms with Crippen LogP contribution >= 0.6 is 0 Å². The molecule has 1 fully saturated rings. The van der Waals surface area contributed by atoms with E-state index >= 15 is 0 Å². The molecule has 2 rings (SSSR count). The van der Waals surface area contributed by atoms with Crippen LogP contribution in [-0.4, -0.2) is 39.1 Å². The Labute approximate surface area is 175 Å². The molecule has 4 heteroatoms. The highest BCUT2D eigenvalue weighted by molar-refractivity contribution is 5.30. The highest BCUT2D eigenvalue weighted by Gasteiger charge is 2.20. The third kappa shape index (κ3) is 14.0. The minimum Gasteiger partial charge on any atom is -0.494 e. The fourth-order valence-electron chi connectivity index (χ4n) is 2.44. The van der Waals surface area contributed by atoms with Crippen molar-refractivity contribution in [2.45, 2.75) is 72.3 Å². The molecule has 0 spiro atoms. The van der Waals surface area contributed by atoms with Gasteiger partial charge in [-0.1, -0.05) is 58.6 Å². The molecule has 1 aromatic rings. The molecule has 0 saturated heterocycles. The van der Waals surface area contributed by atoms with Crippen molar-refractivity contribution in [3.05, 3.63) is 29.8 Å². The predicted octanol–water partition coefficient (Wildman–Crippen LogP) is 5.85. The van der Waals surface area contributed by atoms with Crippen LogP contribution in [0.2, 0.25) is 0 Å². The molecule has 1 aliphatic rings. The molecule has 1 aromatic carbocycles. The summed E-state index contributed by atoms with van der Waals surface area (Å²) < 4.78 is 11.2. The van der Waals surface area contributed by atoms with Crippen molar-refractivity contribution in [1.29, 1.82) is 0 Å². The summed E-state index contributed by atoms with van der Waals surface area (Å²) in [5.74, 6) is 2.68. The van der Waals surface area contributed by atoms with E-state index in [0.717, 1.165) is 44.5 Å². The lowest BCUT2D eigenvalue weighted by Gasteiger charge is -2.12. The number of benzene rings is 1. The zero-order valence-electron chi connectivity index (χ0n) is 19.2. The summed E-state index contributed by atoms with van der Waals surface area (Å²) in [6.07, 6.45) is 7.69. The van der Waals surface area contributed by atoms with Gasteiger partial charge in [0, 0.05) is 27.8 Å². The fraction of sp³-hybridized carbons (Fsp3) is 0.750. The average Bonchev–Trinajstić information content (AvgIpc) is 3.57. The smallest absolute Gasteiger partial charge is 0.119 e. The molecular weight excluding hydrogens is 350 g/mol. The topological polar surface area (TPSA) is 50.7 Å². The molecule has 28 heavy (non-hydrogen) atoms. The van der Waals surface area contributed by atoms with E-state index in [1.165, 1.54) is 44.1 Å². The molecule has 1 aliphatic carbocycles. The Kier molecular flexibility index (Phi) is 17.3. The van der Waals surface area contributed by atoms with Gasteiger partial charge in [0.2, 0.25) is 0 Å². The van der Waals surface area contributed by atoms with Gasteiger partial charge in [-0.3, -0.25) is 0 Å². The van der Waals surface area contributed by atoms with Gasteiger partial charge in [-0.25, -0.2) is 0 Å². The highest BCUT2D eigenvalue weighted by atomic mass is 16.5. The van der Waals surface area contributed by atoms with Crippen LogP contribution in [0, 0.1) is 11.8 Å². The standard InChI is InChI=1S/C14H21NO.C9H20O.CH4O.H2/c1-11(15-2)13-4-3-5-14(10-13)16-9-8-12-6-7-12;1-4-6-7-10-8-9(3)5-2;1-2;/h3-5,10-12,15H,6-9H2,1-2H3;9H,4-8H2,1-3H3;2H,1H3;1H/t11-;;;/m1.../s1. The maximum absolute atomic E-state index is 7.00. The Morgan fingerprint density at radius 1 is 1.18 bits per heavy atom. The van der Waals surface area contributed by atoms with Crippen LogP contribution in [0.5, 0.6) is 5.75 Å². The van der Waals surface area contributed by atoms with Gasteiger partial charge in [-0.2, -0.15) is 0 Å². The largest absolute Gasteiger partial charge is 0.494 e. The molecule has 2 N–H and O–H groups in total. The van der Waals surface area contributed by atoms with Crippen LogP contribution in [0.1, 0.15) is 79.3 Å². The SMILES string of the molecule is CCCCOCC(C)CC.CN[C@H](C)c1cccc(OCCC2CC2)c1.CO.[HH]. The van der Waals surface area contributed by atoms with Crippen LogP contribution in [0.15, 0.2) is 24.3 Å². The number of hydrogen-bond donors (Lipinski definition) is 2. The van der Waals surface area contributed by atoms with E-state index in [4.69, 9.17) is 14.6 Å². The molecule has 0 aromatic heterocycles. The van der Waals surface area contributed by atoms with E-state index in [0.29, 0.717) is 6.04 Å². The summed E-state index contributed by atoms with van der Waals surface area (Å²) in [6.45, 7) is 11.5. The number of hydrogen-bond acceptors (Lipinski definition) is 4. The van der Waals surface area contributed by atoms with Gasteiger partial charge in [-0.15, -0.1) is 0 Å². The summed E-state index contributed by atoms with van der Waals surface area (Å²) in [6, 6.07) is 8.75. The number of aliphatic hydroxyl groups is 1. The number of unbranched alkanes of at least 4 members (excludes halogenated alkanes) is 1. The molecule has 1 saturated carbocycles. The Balaban J connectivity index is 0. The maximum atomic E-state index is 7.00. The summed E-state index contributed by atoms with van der Waals surface area (Å²) in [4.78, 5) is 0. The first-order valence-corrected chi connectivity index (χ1v) is 11.0. The third-order valence-corrected chi connectivity index (χ3v) is 5.02. The zero-order valence-corrected chi connectivity index (χ0v) is 19.2. The molecule has 0 radical (unpaired) electrons. The Morgan fingerprint density at radius 2 is 1.89 bits per heavy atom. The van der Waals surface area contributed by atoms with Crippen molar-refractivity contribution < 1.29 is 16.0 Å². The zero-order chi connectivity index (χ0) is 21.2. The van der Waals surface area contributed by atoms with E-state index in [1.807, 2.05) is 13.1 Å². The first-order chi connectivity index (χ1) is 13.6. The summed E-state index contributed by atoms with van der Waals surface area (Å²) in [7, 11) is 2.98. The van der Waals surface area contributed by atoms with Crippen LogP contribution in [0.4, 0.5) is 0 Å². The molecule has 2 atom stereocenters.